The Morgan fingerprint density at radius 3 is 2.67 bits per heavy atom. The second-order valence-electron chi connectivity index (χ2n) is 3.48. The van der Waals surface area contributed by atoms with Crippen molar-refractivity contribution in [1.29, 1.82) is 0 Å². The van der Waals surface area contributed by atoms with Crippen molar-refractivity contribution in [2.45, 2.75) is 31.8 Å². The number of hydrogen-bond donors (Lipinski definition) is 2. The number of nitrogens with two attached hydrogens (primary N) is 1. The Morgan fingerprint density at radius 1 is 1.58 bits per heavy atom. The Labute approximate surface area is 72.5 Å². The summed E-state index contributed by atoms with van der Waals surface area (Å²) in [5.74, 6) is 0.599. The topological polar surface area (TPSA) is 64.3 Å². The van der Waals surface area contributed by atoms with Crippen molar-refractivity contribution in [1.82, 2.24) is 5.32 Å². The highest BCUT2D eigenvalue weighted by atomic mass is 16.5. The quantitative estimate of drug-likeness (QED) is 0.604. The maximum Gasteiger partial charge on any atom is 0.407 e. The van der Waals surface area contributed by atoms with Gasteiger partial charge in [0.1, 0.15) is 0 Å². The number of nitrogens with one attached hydrogen (secondary N) is 1. The average Bonchev–Trinajstić information content (AvgIpc) is 2.30. The van der Waals surface area contributed by atoms with Gasteiger partial charge in [-0.2, -0.15) is 0 Å². The van der Waals surface area contributed by atoms with Crippen LogP contribution in [0.1, 0.15) is 19.8 Å². The lowest BCUT2D eigenvalue weighted by atomic mass is 10.1. The summed E-state index contributed by atoms with van der Waals surface area (Å²) in [5, 5.41) is 2.72. The maximum absolute atomic E-state index is 10.8. The van der Waals surface area contributed by atoms with E-state index in [0.29, 0.717) is 5.92 Å². The Morgan fingerprint density at radius 2 is 2.25 bits per heavy atom. The van der Waals surface area contributed by atoms with E-state index in [-0.39, 0.29) is 18.2 Å². The van der Waals surface area contributed by atoms with Gasteiger partial charge in [0.05, 0.1) is 7.11 Å². The van der Waals surface area contributed by atoms with Crippen LogP contribution in [-0.2, 0) is 4.74 Å². The number of amides is 1. The van der Waals surface area contributed by atoms with E-state index in [9.17, 15) is 4.79 Å². The van der Waals surface area contributed by atoms with E-state index in [2.05, 4.69) is 17.0 Å². The molecule has 1 amide bonds. The largest absolute Gasteiger partial charge is 0.453 e. The molecule has 0 heterocycles. The summed E-state index contributed by atoms with van der Waals surface area (Å²) in [4.78, 5) is 10.8. The number of methoxy groups -OCH3 is 1. The van der Waals surface area contributed by atoms with Crippen molar-refractivity contribution in [3.63, 3.8) is 0 Å². The lowest BCUT2D eigenvalue weighted by Crippen LogP contribution is -2.43. The summed E-state index contributed by atoms with van der Waals surface area (Å²) >= 11 is 0. The van der Waals surface area contributed by atoms with Crippen LogP contribution in [0, 0.1) is 5.92 Å². The first-order valence-electron chi connectivity index (χ1n) is 4.23. The van der Waals surface area contributed by atoms with Gasteiger partial charge in [0.15, 0.2) is 0 Å². The van der Waals surface area contributed by atoms with Gasteiger partial charge in [-0.3, -0.25) is 0 Å². The molecule has 0 saturated heterocycles. The van der Waals surface area contributed by atoms with Crippen LogP contribution in [0.15, 0.2) is 0 Å². The van der Waals surface area contributed by atoms with Crippen LogP contribution >= 0.6 is 0 Å². The Hall–Kier alpha value is -0.770. The number of hydrogen-bond acceptors (Lipinski definition) is 3. The molecule has 0 aromatic heterocycles. The monoisotopic (exact) mass is 172 g/mol. The fraction of sp³-hybridized carbons (Fsp3) is 0.875. The van der Waals surface area contributed by atoms with E-state index in [1.807, 2.05) is 0 Å². The number of carbonyl (C=O) groups is 1. The van der Waals surface area contributed by atoms with Crippen molar-refractivity contribution in [3.8, 4) is 0 Å². The zero-order chi connectivity index (χ0) is 9.14. The summed E-state index contributed by atoms with van der Waals surface area (Å²) in [7, 11) is 1.36. The molecule has 1 saturated carbocycles. The molecule has 3 unspecified atom stereocenters. The molecule has 3 atom stereocenters. The summed E-state index contributed by atoms with van der Waals surface area (Å²) in [5.41, 5.74) is 5.80. The predicted octanol–water partition coefficient (Wildman–Crippen LogP) is 0.468. The third-order valence-corrected chi connectivity index (χ3v) is 2.34. The fourth-order valence-corrected chi connectivity index (χ4v) is 1.71. The molecule has 1 fully saturated rings. The molecule has 0 aliphatic heterocycles. The summed E-state index contributed by atoms with van der Waals surface area (Å²) in [6.07, 6.45) is 1.55. The maximum atomic E-state index is 10.8. The number of ether oxygens (including phenoxy) is 1. The van der Waals surface area contributed by atoms with Gasteiger partial charge in [0.25, 0.3) is 0 Å². The minimum atomic E-state index is -0.385. The van der Waals surface area contributed by atoms with Crippen molar-refractivity contribution in [2.75, 3.05) is 7.11 Å². The smallest absolute Gasteiger partial charge is 0.407 e. The minimum absolute atomic E-state index is 0.0825. The van der Waals surface area contributed by atoms with Crippen LogP contribution in [0.2, 0.25) is 0 Å². The van der Waals surface area contributed by atoms with Crippen molar-refractivity contribution >= 4 is 6.09 Å². The Kier molecular flexibility index (Phi) is 2.92. The third-order valence-electron chi connectivity index (χ3n) is 2.34. The van der Waals surface area contributed by atoms with Gasteiger partial charge in [-0.25, -0.2) is 4.79 Å². The molecule has 1 aliphatic rings. The van der Waals surface area contributed by atoms with Crippen LogP contribution in [0.3, 0.4) is 0 Å². The SMILES string of the molecule is COC(=O)NC1CC(C)CC1N. The third kappa shape index (κ3) is 2.11. The summed E-state index contributed by atoms with van der Waals surface area (Å²) in [6, 6.07) is 0.173. The van der Waals surface area contributed by atoms with Crippen LogP contribution in [0.5, 0.6) is 0 Å². The van der Waals surface area contributed by atoms with Gasteiger partial charge in [-0.05, 0) is 18.8 Å². The standard InChI is InChI=1S/C8H16N2O2/c1-5-3-6(9)7(4-5)10-8(11)12-2/h5-7H,3-4,9H2,1-2H3,(H,10,11). The molecule has 0 aromatic rings. The predicted molar refractivity (Wildman–Crippen MR) is 45.7 cm³/mol. The van der Waals surface area contributed by atoms with Crippen LogP contribution in [-0.4, -0.2) is 25.3 Å². The molecule has 70 valence electrons. The van der Waals surface area contributed by atoms with Gasteiger partial charge in [-0.15, -0.1) is 0 Å². The normalized spacial score (nSPS) is 34.8. The molecule has 4 heteroatoms. The van der Waals surface area contributed by atoms with E-state index < -0.39 is 0 Å². The number of carbonyl (C=O) groups excluding carboxylic acids is 1. The van der Waals surface area contributed by atoms with E-state index in [0.717, 1.165) is 12.8 Å². The first-order chi connectivity index (χ1) is 5.63. The van der Waals surface area contributed by atoms with Gasteiger partial charge in [0.2, 0.25) is 0 Å². The lowest BCUT2D eigenvalue weighted by molar-refractivity contribution is 0.165. The number of rotatable bonds is 1. The molecule has 0 aromatic carbocycles. The fourth-order valence-electron chi connectivity index (χ4n) is 1.71. The van der Waals surface area contributed by atoms with E-state index in [1.54, 1.807) is 0 Å². The highest BCUT2D eigenvalue weighted by Gasteiger charge is 2.30. The Bertz CT molecular complexity index is 172. The van der Waals surface area contributed by atoms with E-state index in [1.165, 1.54) is 7.11 Å². The molecular weight excluding hydrogens is 156 g/mol. The second kappa shape index (κ2) is 3.76. The average molecular weight is 172 g/mol. The molecule has 0 spiro atoms. The molecule has 0 radical (unpaired) electrons. The molecule has 0 bridgehead atoms. The van der Waals surface area contributed by atoms with Crippen LogP contribution < -0.4 is 11.1 Å². The van der Waals surface area contributed by atoms with Gasteiger partial charge in [0, 0.05) is 12.1 Å². The Balaban J connectivity index is 2.37. The first-order valence-corrected chi connectivity index (χ1v) is 4.23. The summed E-state index contributed by atoms with van der Waals surface area (Å²) < 4.78 is 4.49. The zero-order valence-corrected chi connectivity index (χ0v) is 7.54. The van der Waals surface area contributed by atoms with Crippen LogP contribution in [0.25, 0.3) is 0 Å². The van der Waals surface area contributed by atoms with Crippen molar-refractivity contribution in [2.24, 2.45) is 11.7 Å². The van der Waals surface area contributed by atoms with Crippen LogP contribution in [0.4, 0.5) is 4.79 Å². The molecule has 4 nitrogen and oxygen atoms in total. The van der Waals surface area contributed by atoms with Crippen molar-refractivity contribution in [3.05, 3.63) is 0 Å². The molecule has 3 N–H and O–H groups in total. The highest BCUT2D eigenvalue weighted by Crippen LogP contribution is 2.23. The summed E-state index contributed by atoms with van der Waals surface area (Å²) in [6.45, 7) is 2.14. The number of alkyl carbamates (subject to hydrolysis) is 1. The van der Waals surface area contributed by atoms with Gasteiger partial charge in [-0.1, -0.05) is 6.92 Å². The van der Waals surface area contributed by atoms with E-state index >= 15 is 0 Å². The molecule has 1 aliphatic carbocycles. The lowest BCUT2D eigenvalue weighted by Gasteiger charge is -2.15. The minimum Gasteiger partial charge on any atom is -0.453 e. The van der Waals surface area contributed by atoms with Gasteiger partial charge >= 0.3 is 6.09 Å². The zero-order valence-electron chi connectivity index (χ0n) is 7.54. The van der Waals surface area contributed by atoms with E-state index in [4.69, 9.17) is 5.73 Å². The molecular formula is C8H16N2O2. The molecule has 12 heavy (non-hydrogen) atoms. The highest BCUT2D eigenvalue weighted by molar-refractivity contribution is 5.67. The van der Waals surface area contributed by atoms with Gasteiger partial charge < -0.3 is 15.8 Å². The van der Waals surface area contributed by atoms with Crippen molar-refractivity contribution < 1.29 is 9.53 Å². The molecule has 1 rings (SSSR count). The first kappa shape index (κ1) is 9.32. The second-order valence-corrected chi connectivity index (χ2v) is 3.48.